The van der Waals surface area contributed by atoms with Gasteiger partial charge >= 0.3 is 0 Å². The number of rotatable bonds is 2. The Morgan fingerprint density at radius 2 is 2.00 bits per heavy atom. The fourth-order valence-corrected chi connectivity index (χ4v) is 3.29. The van der Waals surface area contributed by atoms with Crippen LogP contribution in [0.1, 0.15) is 32.6 Å². The summed E-state index contributed by atoms with van der Waals surface area (Å²) in [5.41, 5.74) is 6.17. The maximum Gasteiger partial charge on any atom is 0.0194 e. The Morgan fingerprint density at radius 3 is 2.69 bits per heavy atom. The Morgan fingerprint density at radius 1 is 1.19 bits per heavy atom. The van der Waals surface area contributed by atoms with Crippen molar-refractivity contribution < 1.29 is 0 Å². The minimum absolute atomic E-state index is 0.466. The summed E-state index contributed by atoms with van der Waals surface area (Å²) in [6.45, 7) is 7.31. The van der Waals surface area contributed by atoms with Crippen molar-refractivity contribution in [3.05, 3.63) is 0 Å². The van der Waals surface area contributed by atoms with Crippen LogP contribution in [0.3, 0.4) is 0 Å². The molecule has 3 heteroatoms. The summed E-state index contributed by atoms with van der Waals surface area (Å²) in [6.07, 6.45) is 5.24. The van der Waals surface area contributed by atoms with Gasteiger partial charge in [0.05, 0.1) is 0 Å². The lowest BCUT2D eigenvalue weighted by Crippen LogP contribution is -2.43. The van der Waals surface area contributed by atoms with Crippen molar-refractivity contribution in [3.8, 4) is 0 Å². The summed E-state index contributed by atoms with van der Waals surface area (Å²) in [6, 6.07) is 1.16. The van der Waals surface area contributed by atoms with Crippen LogP contribution in [0.15, 0.2) is 0 Å². The third-order valence-corrected chi connectivity index (χ3v) is 4.37. The van der Waals surface area contributed by atoms with Crippen LogP contribution in [-0.4, -0.2) is 55.1 Å². The number of hydrogen-bond donors (Lipinski definition) is 1. The second kappa shape index (κ2) is 5.48. The third kappa shape index (κ3) is 2.96. The van der Waals surface area contributed by atoms with E-state index in [0.29, 0.717) is 12.1 Å². The van der Waals surface area contributed by atoms with Gasteiger partial charge in [-0.1, -0.05) is 6.42 Å². The maximum absolute atomic E-state index is 6.17. The third-order valence-electron chi connectivity index (χ3n) is 4.37. The van der Waals surface area contributed by atoms with Crippen LogP contribution >= 0.6 is 0 Å². The Labute approximate surface area is 100.0 Å². The molecule has 94 valence electrons. The molecule has 3 nitrogen and oxygen atoms in total. The number of nitrogens with zero attached hydrogens (tertiary/aromatic N) is 2. The molecule has 1 saturated heterocycles. The first-order valence-corrected chi connectivity index (χ1v) is 6.85. The van der Waals surface area contributed by atoms with Crippen molar-refractivity contribution in [3.63, 3.8) is 0 Å². The monoisotopic (exact) mass is 225 g/mol. The standard InChI is InChI=1S/C13H27N3/c1-11-9-15(2)7-4-8-16(11)10-12-5-3-6-13(12)14/h11-13H,3-10,14H2,1-2H3. The smallest absolute Gasteiger partial charge is 0.0194 e. The van der Waals surface area contributed by atoms with E-state index in [0.717, 1.165) is 5.92 Å². The van der Waals surface area contributed by atoms with E-state index in [4.69, 9.17) is 5.73 Å². The number of hydrogen-bond acceptors (Lipinski definition) is 3. The van der Waals surface area contributed by atoms with Gasteiger partial charge in [0.1, 0.15) is 0 Å². The molecule has 2 N–H and O–H groups in total. The SMILES string of the molecule is CC1CN(C)CCCN1CC1CCCC1N. The molecule has 1 aliphatic carbocycles. The highest BCUT2D eigenvalue weighted by Gasteiger charge is 2.28. The summed E-state index contributed by atoms with van der Waals surface area (Å²) >= 11 is 0. The quantitative estimate of drug-likeness (QED) is 0.765. The summed E-state index contributed by atoms with van der Waals surface area (Å²) in [5.74, 6) is 0.755. The van der Waals surface area contributed by atoms with E-state index in [-0.39, 0.29) is 0 Å². The van der Waals surface area contributed by atoms with Gasteiger partial charge in [-0.3, -0.25) is 4.90 Å². The molecule has 0 amide bonds. The molecule has 1 aliphatic heterocycles. The minimum Gasteiger partial charge on any atom is -0.327 e. The topological polar surface area (TPSA) is 32.5 Å². The molecule has 2 fully saturated rings. The van der Waals surface area contributed by atoms with Crippen LogP contribution < -0.4 is 5.73 Å². The van der Waals surface area contributed by atoms with Crippen LogP contribution in [0.4, 0.5) is 0 Å². The minimum atomic E-state index is 0.466. The molecule has 0 aromatic rings. The van der Waals surface area contributed by atoms with Crippen LogP contribution in [-0.2, 0) is 0 Å². The van der Waals surface area contributed by atoms with Gasteiger partial charge in [0.15, 0.2) is 0 Å². The van der Waals surface area contributed by atoms with Crippen molar-refractivity contribution in [1.29, 1.82) is 0 Å². The molecule has 1 saturated carbocycles. The summed E-state index contributed by atoms with van der Waals surface area (Å²) < 4.78 is 0. The second-order valence-electron chi connectivity index (χ2n) is 5.81. The molecule has 0 spiro atoms. The lowest BCUT2D eigenvalue weighted by molar-refractivity contribution is 0.169. The molecule has 16 heavy (non-hydrogen) atoms. The van der Waals surface area contributed by atoms with E-state index in [9.17, 15) is 0 Å². The van der Waals surface area contributed by atoms with Gasteiger partial charge in [-0.15, -0.1) is 0 Å². The second-order valence-corrected chi connectivity index (χ2v) is 5.81. The summed E-state index contributed by atoms with van der Waals surface area (Å²) in [5, 5.41) is 0. The first kappa shape index (κ1) is 12.3. The molecule has 3 atom stereocenters. The molecular weight excluding hydrogens is 198 g/mol. The zero-order valence-corrected chi connectivity index (χ0v) is 10.9. The zero-order chi connectivity index (χ0) is 11.5. The van der Waals surface area contributed by atoms with Crippen LogP contribution in [0.5, 0.6) is 0 Å². The fraction of sp³-hybridized carbons (Fsp3) is 1.00. The van der Waals surface area contributed by atoms with E-state index in [1.54, 1.807) is 0 Å². The molecule has 3 unspecified atom stereocenters. The average molecular weight is 225 g/mol. The molecule has 0 aromatic carbocycles. The van der Waals surface area contributed by atoms with Crippen LogP contribution in [0.25, 0.3) is 0 Å². The van der Waals surface area contributed by atoms with Gasteiger partial charge in [-0.2, -0.15) is 0 Å². The predicted octanol–water partition coefficient (Wildman–Crippen LogP) is 1.14. The van der Waals surface area contributed by atoms with Gasteiger partial charge in [-0.05, 0) is 52.2 Å². The Balaban J connectivity index is 1.87. The highest BCUT2D eigenvalue weighted by Crippen LogP contribution is 2.26. The maximum atomic E-state index is 6.17. The van der Waals surface area contributed by atoms with Gasteiger partial charge in [-0.25, -0.2) is 0 Å². The fourth-order valence-electron chi connectivity index (χ4n) is 3.29. The van der Waals surface area contributed by atoms with Gasteiger partial charge in [0.2, 0.25) is 0 Å². The van der Waals surface area contributed by atoms with Crippen molar-refractivity contribution in [2.45, 2.75) is 44.7 Å². The molecule has 0 bridgehead atoms. The molecule has 0 radical (unpaired) electrons. The van der Waals surface area contributed by atoms with E-state index >= 15 is 0 Å². The molecule has 2 rings (SSSR count). The van der Waals surface area contributed by atoms with E-state index < -0.39 is 0 Å². The highest BCUT2D eigenvalue weighted by molar-refractivity contribution is 4.85. The van der Waals surface area contributed by atoms with Crippen molar-refractivity contribution in [2.75, 3.05) is 33.2 Å². The Bertz CT molecular complexity index is 219. The lowest BCUT2D eigenvalue weighted by atomic mass is 10.0. The molecular formula is C13H27N3. The van der Waals surface area contributed by atoms with Crippen molar-refractivity contribution in [2.24, 2.45) is 11.7 Å². The van der Waals surface area contributed by atoms with Crippen LogP contribution in [0.2, 0.25) is 0 Å². The lowest BCUT2D eigenvalue weighted by Gasteiger charge is -2.31. The first-order chi connectivity index (χ1) is 7.66. The molecule has 2 aliphatic rings. The summed E-state index contributed by atoms with van der Waals surface area (Å²) in [7, 11) is 2.24. The van der Waals surface area contributed by atoms with Crippen LogP contribution in [0, 0.1) is 5.92 Å². The van der Waals surface area contributed by atoms with Crippen molar-refractivity contribution >= 4 is 0 Å². The highest BCUT2D eigenvalue weighted by atomic mass is 15.2. The van der Waals surface area contributed by atoms with E-state index in [1.807, 2.05) is 0 Å². The zero-order valence-electron chi connectivity index (χ0n) is 10.9. The summed E-state index contributed by atoms with van der Waals surface area (Å²) in [4.78, 5) is 5.12. The average Bonchev–Trinajstić information content (AvgIpc) is 2.55. The number of nitrogens with two attached hydrogens (primary N) is 1. The van der Waals surface area contributed by atoms with Gasteiger partial charge in [0, 0.05) is 25.2 Å². The van der Waals surface area contributed by atoms with Crippen molar-refractivity contribution in [1.82, 2.24) is 9.80 Å². The first-order valence-electron chi connectivity index (χ1n) is 6.85. The molecule has 0 aromatic heterocycles. The largest absolute Gasteiger partial charge is 0.327 e. The Kier molecular flexibility index (Phi) is 4.22. The molecule has 1 heterocycles. The van der Waals surface area contributed by atoms with E-state index in [2.05, 4.69) is 23.8 Å². The normalized spacial score (nSPS) is 38.8. The van der Waals surface area contributed by atoms with Gasteiger partial charge in [0.25, 0.3) is 0 Å². The predicted molar refractivity (Wildman–Crippen MR) is 68.5 cm³/mol. The Hall–Kier alpha value is -0.120. The number of likely N-dealkylation sites (N-methyl/N-ethyl adjacent to an activating group) is 1. The van der Waals surface area contributed by atoms with E-state index in [1.165, 1.54) is 51.9 Å². The van der Waals surface area contributed by atoms with Gasteiger partial charge < -0.3 is 10.6 Å².